The van der Waals surface area contributed by atoms with Crippen molar-refractivity contribution in [1.29, 1.82) is 0 Å². The van der Waals surface area contributed by atoms with Crippen molar-refractivity contribution in [2.24, 2.45) is 0 Å². The van der Waals surface area contributed by atoms with E-state index in [-0.39, 0.29) is 36.4 Å². The quantitative estimate of drug-likeness (QED) is 0.280. The summed E-state index contributed by atoms with van der Waals surface area (Å²) in [7, 11) is 1.22. The molecule has 0 fully saturated rings. The SMILES string of the molecule is COC(=O)[C@H](Cc1ccc(O)cc1)NC(=O)[C@H](Cc1ccc(O)c(C(C)(C)C)c1)NC(=O)OCc1ccccc1. The van der Waals surface area contributed by atoms with Crippen LogP contribution in [0.3, 0.4) is 0 Å². The molecule has 0 unspecified atom stereocenters. The summed E-state index contributed by atoms with van der Waals surface area (Å²) in [5.41, 5.74) is 2.50. The van der Waals surface area contributed by atoms with E-state index in [1.54, 1.807) is 30.3 Å². The number of phenols is 2. The van der Waals surface area contributed by atoms with Gasteiger partial charge in [0.05, 0.1) is 7.11 Å². The number of alkyl carbamates (subject to hydrolysis) is 1. The van der Waals surface area contributed by atoms with Crippen LogP contribution in [0.15, 0.2) is 72.8 Å². The van der Waals surface area contributed by atoms with Crippen molar-refractivity contribution < 1.29 is 34.1 Å². The third-order valence-electron chi connectivity index (χ3n) is 6.31. The molecule has 0 bridgehead atoms. The molecule has 2 amide bonds. The summed E-state index contributed by atoms with van der Waals surface area (Å²) >= 11 is 0. The summed E-state index contributed by atoms with van der Waals surface area (Å²) < 4.78 is 10.2. The number of phenolic OH excluding ortho intramolecular Hbond substituents is 2. The number of benzene rings is 3. The van der Waals surface area contributed by atoms with Crippen LogP contribution < -0.4 is 10.6 Å². The van der Waals surface area contributed by atoms with Gasteiger partial charge in [-0.15, -0.1) is 0 Å². The molecule has 0 heterocycles. The Kier molecular flexibility index (Phi) is 10.1. The molecule has 2 atom stereocenters. The normalized spacial score (nSPS) is 12.6. The molecular formula is C31H36N2O7. The first kappa shape index (κ1) is 30.0. The van der Waals surface area contributed by atoms with Crippen LogP contribution in [0.2, 0.25) is 0 Å². The molecule has 212 valence electrons. The third kappa shape index (κ3) is 8.76. The fourth-order valence-corrected chi connectivity index (χ4v) is 4.14. The number of carbonyl (C=O) groups is 3. The number of ether oxygens (including phenoxy) is 2. The fourth-order valence-electron chi connectivity index (χ4n) is 4.14. The van der Waals surface area contributed by atoms with E-state index >= 15 is 0 Å². The van der Waals surface area contributed by atoms with Crippen molar-refractivity contribution in [3.05, 3.63) is 95.1 Å². The van der Waals surface area contributed by atoms with Gasteiger partial charge >= 0.3 is 12.1 Å². The van der Waals surface area contributed by atoms with E-state index in [0.717, 1.165) is 5.56 Å². The number of amides is 2. The van der Waals surface area contributed by atoms with Gasteiger partial charge in [-0.3, -0.25) is 4.79 Å². The van der Waals surface area contributed by atoms with Gasteiger partial charge in [0.2, 0.25) is 5.91 Å². The number of hydrogen-bond acceptors (Lipinski definition) is 7. The average Bonchev–Trinajstić information content (AvgIpc) is 2.92. The summed E-state index contributed by atoms with van der Waals surface area (Å²) in [6.45, 7) is 5.89. The summed E-state index contributed by atoms with van der Waals surface area (Å²) in [5.74, 6) is -1.07. The molecule has 0 aliphatic rings. The maximum atomic E-state index is 13.5. The Bertz CT molecular complexity index is 1300. The number of aromatic hydroxyl groups is 2. The van der Waals surface area contributed by atoms with Gasteiger partial charge in [-0.25, -0.2) is 9.59 Å². The number of nitrogens with one attached hydrogen (secondary N) is 2. The first-order chi connectivity index (χ1) is 19.0. The highest BCUT2D eigenvalue weighted by Crippen LogP contribution is 2.31. The van der Waals surface area contributed by atoms with Crippen LogP contribution in [0, 0.1) is 0 Å². The lowest BCUT2D eigenvalue weighted by molar-refractivity contribution is -0.145. The van der Waals surface area contributed by atoms with Gasteiger partial charge in [-0.1, -0.05) is 75.4 Å². The van der Waals surface area contributed by atoms with Gasteiger partial charge in [-0.2, -0.15) is 0 Å². The number of rotatable bonds is 10. The molecule has 0 saturated heterocycles. The van der Waals surface area contributed by atoms with Gasteiger partial charge < -0.3 is 30.3 Å². The lowest BCUT2D eigenvalue weighted by Gasteiger charge is -2.24. The van der Waals surface area contributed by atoms with Crippen molar-refractivity contribution in [2.45, 2.75) is 57.7 Å². The zero-order valence-corrected chi connectivity index (χ0v) is 23.1. The van der Waals surface area contributed by atoms with Crippen LogP contribution in [0.1, 0.15) is 43.0 Å². The van der Waals surface area contributed by atoms with E-state index in [1.807, 2.05) is 51.1 Å². The Morgan fingerprint density at radius 1 is 0.800 bits per heavy atom. The lowest BCUT2D eigenvalue weighted by Crippen LogP contribution is -2.53. The maximum Gasteiger partial charge on any atom is 0.408 e. The molecule has 0 radical (unpaired) electrons. The van der Waals surface area contributed by atoms with E-state index in [1.165, 1.54) is 19.2 Å². The average molecular weight is 549 g/mol. The predicted molar refractivity (Wildman–Crippen MR) is 150 cm³/mol. The molecule has 0 aliphatic carbocycles. The van der Waals surface area contributed by atoms with E-state index in [4.69, 9.17) is 9.47 Å². The molecule has 3 rings (SSSR count). The van der Waals surface area contributed by atoms with Crippen molar-refractivity contribution in [3.63, 3.8) is 0 Å². The maximum absolute atomic E-state index is 13.5. The minimum Gasteiger partial charge on any atom is -0.508 e. The Morgan fingerprint density at radius 2 is 1.43 bits per heavy atom. The van der Waals surface area contributed by atoms with Gasteiger partial charge in [0.1, 0.15) is 30.2 Å². The minimum absolute atomic E-state index is 0.0139. The zero-order chi connectivity index (χ0) is 29.3. The van der Waals surface area contributed by atoms with Crippen LogP contribution in [0.25, 0.3) is 0 Å². The van der Waals surface area contributed by atoms with Crippen LogP contribution in [-0.2, 0) is 43.9 Å². The molecule has 0 saturated carbocycles. The van der Waals surface area contributed by atoms with Gasteiger partial charge in [-0.05, 0) is 45.9 Å². The largest absolute Gasteiger partial charge is 0.508 e. The summed E-state index contributed by atoms with van der Waals surface area (Å²) in [6.07, 6.45) is -0.619. The standard InChI is InChI=1S/C31H36N2O7/c1-31(2,3)24-16-22(12-15-27(24)35)18-25(33-30(38)40-19-21-8-6-5-7-9-21)28(36)32-26(29(37)39-4)17-20-10-13-23(34)14-11-20/h5-16,25-26,34-35H,17-19H2,1-4H3,(H,32,36)(H,33,38)/t25-,26-/m0/s1. The van der Waals surface area contributed by atoms with Gasteiger partial charge in [0, 0.05) is 12.8 Å². The number of hydrogen-bond donors (Lipinski definition) is 4. The van der Waals surface area contributed by atoms with Crippen molar-refractivity contribution >= 4 is 18.0 Å². The summed E-state index contributed by atoms with van der Waals surface area (Å²) in [4.78, 5) is 38.8. The molecule has 0 spiro atoms. The zero-order valence-electron chi connectivity index (χ0n) is 23.1. The molecular weight excluding hydrogens is 512 g/mol. The van der Waals surface area contributed by atoms with Crippen LogP contribution >= 0.6 is 0 Å². The van der Waals surface area contributed by atoms with E-state index in [9.17, 15) is 24.6 Å². The van der Waals surface area contributed by atoms with Gasteiger partial charge in [0.15, 0.2) is 0 Å². The molecule has 40 heavy (non-hydrogen) atoms. The second-order valence-corrected chi connectivity index (χ2v) is 10.5. The van der Waals surface area contributed by atoms with Crippen molar-refractivity contribution in [2.75, 3.05) is 7.11 Å². The number of carbonyl (C=O) groups excluding carboxylic acids is 3. The highest BCUT2D eigenvalue weighted by atomic mass is 16.5. The van der Waals surface area contributed by atoms with Crippen LogP contribution in [0.4, 0.5) is 4.79 Å². The summed E-state index contributed by atoms with van der Waals surface area (Å²) in [5, 5.41) is 25.2. The Balaban J connectivity index is 1.82. The highest BCUT2D eigenvalue weighted by Gasteiger charge is 2.29. The van der Waals surface area contributed by atoms with Gasteiger partial charge in [0.25, 0.3) is 0 Å². The smallest absolute Gasteiger partial charge is 0.408 e. The summed E-state index contributed by atoms with van der Waals surface area (Å²) in [6, 6.07) is 18.2. The van der Waals surface area contributed by atoms with Crippen LogP contribution in [0.5, 0.6) is 11.5 Å². The van der Waals surface area contributed by atoms with E-state index in [2.05, 4.69) is 10.6 Å². The van der Waals surface area contributed by atoms with E-state index in [0.29, 0.717) is 16.7 Å². The fraction of sp³-hybridized carbons (Fsp3) is 0.323. The molecule has 4 N–H and O–H groups in total. The first-order valence-corrected chi connectivity index (χ1v) is 12.9. The second-order valence-electron chi connectivity index (χ2n) is 10.5. The van der Waals surface area contributed by atoms with Crippen molar-refractivity contribution in [3.8, 4) is 11.5 Å². The molecule has 3 aromatic carbocycles. The van der Waals surface area contributed by atoms with E-state index < -0.39 is 30.1 Å². The highest BCUT2D eigenvalue weighted by molar-refractivity contribution is 5.90. The molecule has 9 nitrogen and oxygen atoms in total. The lowest BCUT2D eigenvalue weighted by atomic mass is 9.84. The Labute approximate surface area is 234 Å². The first-order valence-electron chi connectivity index (χ1n) is 12.9. The monoisotopic (exact) mass is 548 g/mol. The second kappa shape index (κ2) is 13.5. The predicted octanol–water partition coefficient (Wildman–Crippen LogP) is 4.13. The molecule has 3 aromatic rings. The van der Waals surface area contributed by atoms with Crippen molar-refractivity contribution in [1.82, 2.24) is 10.6 Å². The number of methoxy groups -OCH3 is 1. The Hall–Kier alpha value is -4.53. The molecule has 9 heteroatoms. The Morgan fingerprint density at radius 3 is 2.05 bits per heavy atom. The topological polar surface area (TPSA) is 134 Å². The minimum atomic E-state index is -1.10. The molecule has 0 aliphatic heterocycles. The van der Waals surface area contributed by atoms with Crippen LogP contribution in [-0.4, -0.2) is 47.4 Å². The third-order valence-corrected chi connectivity index (χ3v) is 6.31. The molecule has 0 aromatic heterocycles. The number of esters is 1.